The van der Waals surface area contributed by atoms with E-state index >= 15 is 0 Å². The third kappa shape index (κ3) is 4.70. The molecule has 1 aromatic rings. The third-order valence-corrected chi connectivity index (χ3v) is 4.58. The van der Waals surface area contributed by atoms with Gasteiger partial charge in [-0.15, -0.1) is 0 Å². The number of methoxy groups -OCH3 is 1. The lowest BCUT2D eigenvalue weighted by atomic mass is 9.91. The van der Waals surface area contributed by atoms with Crippen LogP contribution >= 0.6 is 0 Å². The van der Waals surface area contributed by atoms with E-state index in [-0.39, 0.29) is 18.2 Å². The van der Waals surface area contributed by atoms with Crippen molar-refractivity contribution >= 4 is 6.03 Å². The highest BCUT2D eigenvalue weighted by Crippen LogP contribution is 2.21. The fraction of sp³-hybridized carbons (Fsp3) is 0.647. The van der Waals surface area contributed by atoms with Crippen molar-refractivity contribution in [2.75, 3.05) is 20.2 Å². The van der Waals surface area contributed by atoms with Crippen molar-refractivity contribution in [3.05, 3.63) is 30.1 Å². The standard InChI is InChI=1S/C17H27N3O2/c1-13(14(2)22-3)19-17(21)20-9-6-15(7-10-20)11-16-5-4-8-18-12-16/h4-5,8,12-15H,6-7,9-11H2,1-3H3,(H,19,21)/t13-,14?/m0/s1. The van der Waals surface area contributed by atoms with E-state index in [0.29, 0.717) is 5.92 Å². The number of carbonyl (C=O) groups is 1. The summed E-state index contributed by atoms with van der Waals surface area (Å²) in [5.41, 5.74) is 1.29. The number of hydrogen-bond acceptors (Lipinski definition) is 3. The summed E-state index contributed by atoms with van der Waals surface area (Å²) in [4.78, 5) is 18.3. The lowest BCUT2D eigenvalue weighted by Crippen LogP contribution is -2.50. The molecule has 0 aliphatic carbocycles. The van der Waals surface area contributed by atoms with Crippen LogP contribution in [-0.4, -0.2) is 48.3 Å². The fourth-order valence-electron chi connectivity index (χ4n) is 2.80. The largest absolute Gasteiger partial charge is 0.380 e. The Labute approximate surface area is 133 Å². The van der Waals surface area contributed by atoms with E-state index in [9.17, 15) is 4.79 Å². The SMILES string of the molecule is COC(C)[C@H](C)NC(=O)N1CCC(Cc2cccnc2)CC1. The second-order valence-electron chi connectivity index (χ2n) is 6.17. The summed E-state index contributed by atoms with van der Waals surface area (Å²) < 4.78 is 5.24. The number of piperidine rings is 1. The monoisotopic (exact) mass is 305 g/mol. The van der Waals surface area contributed by atoms with Gasteiger partial charge in [-0.25, -0.2) is 4.79 Å². The smallest absolute Gasteiger partial charge is 0.317 e. The number of amides is 2. The number of likely N-dealkylation sites (tertiary alicyclic amines) is 1. The van der Waals surface area contributed by atoms with Crippen molar-refractivity contribution in [3.63, 3.8) is 0 Å². The molecule has 2 amide bonds. The molecule has 2 heterocycles. The van der Waals surface area contributed by atoms with Crippen molar-refractivity contribution in [1.29, 1.82) is 0 Å². The molecule has 2 rings (SSSR count). The number of nitrogens with zero attached hydrogens (tertiary/aromatic N) is 2. The lowest BCUT2D eigenvalue weighted by molar-refractivity contribution is 0.0864. The minimum absolute atomic E-state index is 0.0191. The summed E-state index contributed by atoms with van der Waals surface area (Å²) in [6.07, 6.45) is 6.92. The molecule has 0 spiro atoms. The quantitative estimate of drug-likeness (QED) is 0.909. The predicted octanol–water partition coefficient (Wildman–Crippen LogP) is 2.47. The van der Waals surface area contributed by atoms with E-state index < -0.39 is 0 Å². The fourth-order valence-corrected chi connectivity index (χ4v) is 2.80. The van der Waals surface area contributed by atoms with Gasteiger partial charge in [0.2, 0.25) is 0 Å². The average Bonchev–Trinajstić information content (AvgIpc) is 2.55. The number of nitrogens with one attached hydrogen (secondary N) is 1. The molecular weight excluding hydrogens is 278 g/mol. The molecule has 0 bridgehead atoms. The molecule has 5 nitrogen and oxygen atoms in total. The molecule has 0 radical (unpaired) electrons. The molecule has 1 fully saturated rings. The van der Waals surface area contributed by atoms with Crippen LogP contribution in [0.15, 0.2) is 24.5 Å². The minimum atomic E-state index is 0.0191. The molecule has 1 saturated heterocycles. The summed E-state index contributed by atoms with van der Waals surface area (Å²) in [7, 11) is 1.66. The topological polar surface area (TPSA) is 54.5 Å². The Kier molecular flexibility index (Phi) is 6.19. The third-order valence-electron chi connectivity index (χ3n) is 4.58. The Balaban J connectivity index is 1.76. The number of aromatic nitrogens is 1. The van der Waals surface area contributed by atoms with Gasteiger partial charge in [-0.1, -0.05) is 6.07 Å². The molecule has 1 N–H and O–H groups in total. The van der Waals surface area contributed by atoms with E-state index in [2.05, 4.69) is 16.4 Å². The lowest BCUT2D eigenvalue weighted by Gasteiger charge is -2.33. The first-order chi connectivity index (χ1) is 10.6. The first-order valence-electron chi connectivity index (χ1n) is 8.07. The van der Waals surface area contributed by atoms with Gasteiger partial charge in [-0.3, -0.25) is 4.98 Å². The minimum Gasteiger partial charge on any atom is -0.380 e. The van der Waals surface area contributed by atoms with Crippen molar-refractivity contribution in [3.8, 4) is 0 Å². The molecular formula is C17H27N3O2. The maximum absolute atomic E-state index is 12.2. The number of hydrogen-bond donors (Lipinski definition) is 1. The van der Waals surface area contributed by atoms with Crippen LogP contribution in [0.1, 0.15) is 32.3 Å². The van der Waals surface area contributed by atoms with E-state index in [0.717, 1.165) is 32.4 Å². The first-order valence-corrected chi connectivity index (χ1v) is 8.07. The van der Waals surface area contributed by atoms with Gasteiger partial charge in [0.25, 0.3) is 0 Å². The number of carbonyl (C=O) groups excluding carboxylic acids is 1. The molecule has 1 aliphatic heterocycles. The number of ether oxygens (including phenoxy) is 1. The first kappa shape index (κ1) is 16.7. The van der Waals surface area contributed by atoms with Gasteiger partial charge < -0.3 is 15.0 Å². The number of pyridine rings is 1. The predicted molar refractivity (Wildman–Crippen MR) is 86.7 cm³/mol. The Hall–Kier alpha value is -1.62. The maximum atomic E-state index is 12.2. The zero-order chi connectivity index (χ0) is 15.9. The van der Waals surface area contributed by atoms with Gasteiger partial charge in [0.05, 0.1) is 12.1 Å². The highest BCUT2D eigenvalue weighted by atomic mass is 16.5. The molecule has 0 saturated carbocycles. The van der Waals surface area contributed by atoms with Crippen LogP contribution < -0.4 is 5.32 Å². The van der Waals surface area contributed by atoms with Crippen LogP contribution in [0.3, 0.4) is 0 Å². The van der Waals surface area contributed by atoms with E-state index in [1.165, 1.54) is 5.56 Å². The van der Waals surface area contributed by atoms with Gasteiger partial charge >= 0.3 is 6.03 Å². The Morgan fingerprint density at radius 1 is 1.45 bits per heavy atom. The zero-order valence-electron chi connectivity index (χ0n) is 13.8. The molecule has 22 heavy (non-hydrogen) atoms. The Morgan fingerprint density at radius 3 is 2.77 bits per heavy atom. The number of rotatable bonds is 5. The average molecular weight is 305 g/mol. The highest BCUT2D eigenvalue weighted by Gasteiger charge is 2.24. The van der Waals surface area contributed by atoms with Crippen LogP contribution in [0, 0.1) is 5.92 Å². The van der Waals surface area contributed by atoms with Gasteiger partial charge in [-0.05, 0) is 50.7 Å². The second kappa shape index (κ2) is 8.13. The van der Waals surface area contributed by atoms with Crippen molar-refractivity contribution < 1.29 is 9.53 Å². The summed E-state index contributed by atoms with van der Waals surface area (Å²) in [5, 5.41) is 3.02. The van der Waals surface area contributed by atoms with Crippen LogP contribution in [0.2, 0.25) is 0 Å². The summed E-state index contributed by atoms with van der Waals surface area (Å²) in [6.45, 7) is 5.59. The summed E-state index contributed by atoms with van der Waals surface area (Å²) in [6, 6.07) is 4.15. The number of urea groups is 1. The molecule has 1 aromatic heterocycles. The van der Waals surface area contributed by atoms with Gasteiger partial charge in [0.15, 0.2) is 0 Å². The van der Waals surface area contributed by atoms with Crippen molar-refractivity contribution in [2.24, 2.45) is 5.92 Å². The Morgan fingerprint density at radius 2 is 2.18 bits per heavy atom. The van der Waals surface area contributed by atoms with Crippen LogP contribution in [0.4, 0.5) is 4.79 Å². The highest BCUT2D eigenvalue weighted by molar-refractivity contribution is 5.74. The van der Waals surface area contributed by atoms with Crippen LogP contribution in [-0.2, 0) is 11.2 Å². The molecule has 0 aromatic carbocycles. The van der Waals surface area contributed by atoms with E-state index in [1.54, 1.807) is 13.3 Å². The van der Waals surface area contributed by atoms with Gasteiger partial charge in [-0.2, -0.15) is 0 Å². The van der Waals surface area contributed by atoms with Crippen LogP contribution in [0.25, 0.3) is 0 Å². The molecule has 2 atom stereocenters. The molecule has 1 aliphatic rings. The van der Waals surface area contributed by atoms with Crippen molar-refractivity contribution in [1.82, 2.24) is 15.2 Å². The summed E-state index contributed by atoms with van der Waals surface area (Å²) >= 11 is 0. The molecule has 1 unspecified atom stereocenters. The normalized spacial score (nSPS) is 18.8. The molecule has 122 valence electrons. The summed E-state index contributed by atoms with van der Waals surface area (Å²) in [5.74, 6) is 0.642. The van der Waals surface area contributed by atoms with Gasteiger partial charge in [0.1, 0.15) is 0 Å². The second-order valence-corrected chi connectivity index (χ2v) is 6.17. The van der Waals surface area contributed by atoms with Crippen LogP contribution in [0.5, 0.6) is 0 Å². The van der Waals surface area contributed by atoms with Crippen molar-refractivity contribution in [2.45, 2.75) is 45.3 Å². The zero-order valence-corrected chi connectivity index (χ0v) is 13.8. The Bertz CT molecular complexity index is 458. The molecule has 5 heteroatoms. The maximum Gasteiger partial charge on any atom is 0.317 e. The van der Waals surface area contributed by atoms with E-state index in [1.807, 2.05) is 31.0 Å². The van der Waals surface area contributed by atoms with Gasteiger partial charge in [0, 0.05) is 32.6 Å². The van der Waals surface area contributed by atoms with E-state index in [4.69, 9.17) is 4.74 Å².